The van der Waals surface area contributed by atoms with E-state index in [9.17, 15) is 14.6 Å². The standard InChI is InChI=1S/C22H23FN4O3/c23-20-9-14(5-6-18(20)15-10-25-22(24)26-11-15)17-3-1-2-4-19(17)21(29)27-7-8-30-16(12-27)13-28/h1-6,9-11,16,21,28-29H,7-8,12-13H2,(H2,24,25,26). The van der Waals surface area contributed by atoms with E-state index >= 15 is 0 Å². The summed E-state index contributed by atoms with van der Waals surface area (Å²) in [5.41, 5.74) is 8.45. The molecule has 1 aliphatic heterocycles. The zero-order valence-corrected chi connectivity index (χ0v) is 16.3. The molecular weight excluding hydrogens is 387 g/mol. The fraction of sp³-hybridized carbons (Fsp3) is 0.273. The summed E-state index contributed by atoms with van der Waals surface area (Å²) >= 11 is 0. The Balaban J connectivity index is 1.65. The summed E-state index contributed by atoms with van der Waals surface area (Å²) < 4.78 is 20.4. The zero-order chi connectivity index (χ0) is 21.1. The molecule has 0 aliphatic carbocycles. The third-order valence-electron chi connectivity index (χ3n) is 5.22. The molecule has 2 atom stereocenters. The van der Waals surface area contributed by atoms with E-state index in [2.05, 4.69) is 9.97 Å². The number of nitrogens with zero attached hydrogens (tertiary/aromatic N) is 3. The van der Waals surface area contributed by atoms with Crippen LogP contribution in [-0.4, -0.2) is 57.5 Å². The molecule has 0 spiro atoms. The first-order chi connectivity index (χ1) is 14.6. The highest BCUT2D eigenvalue weighted by molar-refractivity contribution is 5.72. The molecule has 4 rings (SSSR count). The quantitative estimate of drug-likeness (QED) is 0.592. The maximum absolute atomic E-state index is 14.9. The fourth-order valence-electron chi connectivity index (χ4n) is 3.65. The van der Waals surface area contributed by atoms with E-state index in [-0.39, 0.29) is 18.7 Å². The van der Waals surface area contributed by atoms with Crippen LogP contribution >= 0.6 is 0 Å². The molecule has 4 N–H and O–H groups in total. The molecule has 0 amide bonds. The van der Waals surface area contributed by atoms with Gasteiger partial charge in [0.25, 0.3) is 0 Å². The molecule has 3 aromatic rings. The van der Waals surface area contributed by atoms with Gasteiger partial charge in [-0.3, -0.25) is 4.90 Å². The number of nitrogen functional groups attached to an aromatic ring is 1. The number of aromatic nitrogens is 2. The van der Waals surface area contributed by atoms with Crippen molar-refractivity contribution in [2.75, 3.05) is 32.0 Å². The first-order valence-corrected chi connectivity index (χ1v) is 9.68. The van der Waals surface area contributed by atoms with E-state index in [1.165, 1.54) is 18.5 Å². The van der Waals surface area contributed by atoms with Crippen LogP contribution in [0.25, 0.3) is 22.3 Å². The summed E-state index contributed by atoms with van der Waals surface area (Å²) in [6.07, 6.45) is 1.73. The van der Waals surface area contributed by atoms with Crippen LogP contribution in [0.3, 0.4) is 0 Å². The number of aliphatic hydroxyl groups is 2. The van der Waals surface area contributed by atoms with Gasteiger partial charge in [-0.25, -0.2) is 14.4 Å². The lowest BCUT2D eigenvalue weighted by atomic mass is 9.96. The van der Waals surface area contributed by atoms with E-state index in [0.29, 0.717) is 42.0 Å². The minimum Gasteiger partial charge on any atom is -0.394 e. The molecule has 156 valence electrons. The number of hydrogen-bond acceptors (Lipinski definition) is 7. The maximum Gasteiger partial charge on any atom is 0.219 e. The lowest BCUT2D eigenvalue weighted by Crippen LogP contribution is -2.45. The van der Waals surface area contributed by atoms with Crippen molar-refractivity contribution < 1.29 is 19.3 Å². The van der Waals surface area contributed by atoms with Crippen molar-refractivity contribution in [3.63, 3.8) is 0 Å². The normalized spacial score (nSPS) is 18.3. The number of rotatable bonds is 5. The number of ether oxygens (including phenoxy) is 1. The predicted molar refractivity (Wildman–Crippen MR) is 111 cm³/mol. The lowest BCUT2D eigenvalue weighted by molar-refractivity contribution is -0.107. The molecule has 0 radical (unpaired) electrons. The van der Waals surface area contributed by atoms with Crippen LogP contribution < -0.4 is 5.73 Å². The van der Waals surface area contributed by atoms with Crippen LogP contribution in [0.2, 0.25) is 0 Å². The van der Waals surface area contributed by atoms with Gasteiger partial charge in [-0.05, 0) is 17.2 Å². The van der Waals surface area contributed by atoms with Gasteiger partial charge in [-0.1, -0.05) is 36.4 Å². The first-order valence-electron chi connectivity index (χ1n) is 9.68. The number of morpholine rings is 1. The van der Waals surface area contributed by atoms with E-state index in [1.807, 2.05) is 29.2 Å². The third-order valence-corrected chi connectivity index (χ3v) is 5.22. The van der Waals surface area contributed by atoms with Crippen molar-refractivity contribution in [2.24, 2.45) is 0 Å². The Bertz CT molecular complexity index is 1020. The average Bonchev–Trinajstić information content (AvgIpc) is 2.79. The molecule has 8 heteroatoms. The van der Waals surface area contributed by atoms with Crippen LogP contribution in [0, 0.1) is 5.82 Å². The number of aliphatic hydroxyl groups excluding tert-OH is 2. The summed E-state index contributed by atoms with van der Waals surface area (Å²) in [6.45, 7) is 1.27. The Hall–Kier alpha value is -2.91. The van der Waals surface area contributed by atoms with Crippen molar-refractivity contribution in [3.8, 4) is 22.3 Å². The lowest BCUT2D eigenvalue weighted by Gasteiger charge is -2.36. The molecule has 30 heavy (non-hydrogen) atoms. The summed E-state index contributed by atoms with van der Waals surface area (Å²) in [4.78, 5) is 9.67. The SMILES string of the molecule is Nc1ncc(-c2ccc(-c3ccccc3C(O)N3CCOC(CO)C3)cc2F)cn1. The predicted octanol–water partition coefficient (Wildman–Crippen LogP) is 2.22. The van der Waals surface area contributed by atoms with Gasteiger partial charge in [0.2, 0.25) is 5.95 Å². The highest BCUT2D eigenvalue weighted by Crippen LogP contribution is 2.33. The molecule has 2 unspecified atom stereocenters. The smallest absolute Gasteiger partial charge is 0.219 e. The highest BCUT2D eigenvalue weighted by atomic mass is 19.1. The second-order valence-electron chi connectivity index (χ2n) is 7.16. The van der Waals surface area contributed by atoms with Gasteiger partial charge >= 0.3 is 0 Å². The van der Waals surface area contributed by atoms with Crippen molar-refractivity contribution in [1.82, 2.24) is 14.9 Å². The number of nitrogens with two attached hydrogens (primary N) is 1. The molecule has 2 aromatic carbocycles. The van der Waals surface area contributed by atoms with Crippen molar-refractivity contribution >= 4 is 5.95 Å². The van der Waals surface area contributed by atoms with Crippen molar-refractivity contribution in [1.29, 1.82) is 0 Å². The molecule has 1 saturated heterocycles. The van der Waals surface area contributed by atoms with Crippen molar-refractivity contribution in [2.45, 2.75) is 12.3 Å². The summed E-state index contributed by atoms with van der Waals surface area (Å²) in [5.74, 6) is -0.290. The molecule has 7 nitrogen and oxygen atoms in total. The van der Waals surface area contributed by atoms with E-state index < -0.39 is 12.0 Å². The molecule has 0 saturated carbocycles. The molecule has 1 fully saturated rings. The topological polar surface area (TPSA) is 105 Å². The van der Waals surface area contributed by atoms with Crippen molar-refractivity contribution in [3.05, 3.63) is 66.2 Å². The molecule has 2 heterocycles. The second-order valence-corrected chi connectivity index (χ2v) is 7.16. The van der Waals surface area contributed by atoms with E-state index in [0.717, 1.165) is 5.56 Å². The van der Waals surface area contributed by atoms with Gasteiger partial charge in [0.15, 0.2) is 0 Å². The van der Waals surface area contributed by atoms with Gasteiger partial charge < -0.3 is 20.7 Å². The van der Waals surface area contributed by atoms with Crippen LogP contribution in [-0.2, 0) is 4.74 Å². The fourth-order valence-corrected chi connectivity index (χ4v) is 3.65. The number of hydrogen-bond donors (Lipinski definition) is 3. The van der Waals surface area contributed by atoms with Gasteiger partial charge in [0.1, 0.15) is 12.0 Å². The largest absolute Gasteiger partial charge is 0.394 e. The zero-order valence-electron chi connectivity index (χ0n) is 16.3. The monoisotopic (exact) mass is 410 g/mol. The highest BCUT2D eigenvalue weighted by Gasteiger charge is 2.27. The summed E-state index contributed by atoms with van der Waals surface area (Å²) in [7, 11) is 0. The Morgan fingerprint density at radius 1 is 1.13 bits per heavy atom. The Morgan fingerprint density at radius 2 is 1.90 bits per heavy atom. The number of halogens is 1. The summed E-state index contributed by atoms with van der Waals surface area (Å²) in [6, 6.07) is 12.3. The maximum atomic E-state index is 14.9. The molecule has 1 aliphatic rings. The average molecular weight is 410 g/mol. The van der Waals surface area contributed by atoms with Crippen LogP contribution in [0.4, 0.5) is 10.3 Å². The number of benzene rings is 2. The van der Waals surface area contributed by atoms with Gasteiger partial charge in [0, 0.05) is 42.2 Å². The van der Waals surface area contributed by atoms with E-state index in [1.54, 1.807) is 12.1 Å². The Kier molecular flexibility index (Phi) is 6.01. The van der Waals surface area contributed by atoms with E-state index in [4.69, 9.17) is 10.5 Å². The van der Waals surface area contributed by atoms with Gasteiger partial charge in [-0.15, -0.1) is 0 Å². The van der Waals surface area contributed by atoms with Crippen LogP contribution in [0.1, 0.15) is 11.8 Å². The molecule has 0 bridgehead atoms. The van der Waals surface area contributed by atoms with Crippen LogP contribution in [0.15, 0.2) is 54.9 Å². The minimum atomic E-state index is -0.896. The minimum absolute atomic E-state index is 0.105. The Labute approximate surface area is 173 Å². The Morgan fingerprint density at radius 3 is 2.63 bits per heavy atom. The third kappa shape index (κ3) is 4.17. The first kappa shape index (κ1) is 20.4. The molecule has 1 aromatic heterocycles. The van der Waals surface area contributed by atoms with Crippen LogP contribution in [0.5, 0.6) is 0 Å². The van der Waals surface area contributed by atoms with Gasteiger partial charge in [-0.2, -0.15) is 0 Å². The number of anilines is 1. The second kappa shape index (κ2) is 8.85. The van der Waals surface area contributed by atoms with Gasteiger partial charge in [0.05, 0.1) is 19.3 Å². The molecular formula is C22H23FN4O3. The summed E-state index contributed by atoms with van der Waals surface area (Å²) in [5, 5.41) is 20.4.